The van der Waals surface area contributed by atoms with E-state index in [0.717, 1.165) is 27.9 Å². The van der Waals surface area contributed by atoms with E-state index in [-0.39, 0.29) is 11.9 Å². The largest absolute Gasteiger partial charge is 0.491 e. The van der Waals surface area contributed by atoms with E-state index < -0.39 is 0 Å². The Morgan fingerprint density at radius 3 is 2.71 bits per heavy atom. The lowest BCUT2D eigenvalue weighted by Crippen LogP contribution is -2.09. The molecule has 0 aliphatic carbocycles. The molecular weight excluding hydrogens is 333 g/mol. The highest BCUT2D eigenvalue weighted by Gasteiger charge is 2.12. The van der Waals surface area contributed by atoms with Crippen molar-refractivity contribution in [1.82, 2.24) is 0 Å². The molecule has 1 N–H and O–H groups in total. The molecular formula is C17H19BrFNO. The van der Waals surface area contributed by atoms with Crippen LogP contribution in [0.4, 0.5) is 10.1 Å². The summed E-state index contributed by atoms with van der Waals surface area (Å²) in [6.07, 6.45) is 0.966. The second-order valence-electron chi connectivity index (χ2n) is 4.88. The van der Waals surface area contributed by atoms with E-state index in [1.165, 1.54) is 12.1 Å². The first kappa shape index (κ1) is 15.8. The van der Waals surface area contributed by atoms with Gasteiger partial charge >= 0.3 is 0 Å². The van der Waals surface area contributed by atoms with Gasteiger partial charge in [-0.05, 0) is 43.2 Å². The number of benzene rings is 2. The van der Waals surface area contributed by atoms with E-state index in [0.29, 0.717) is 6.61 Å². The maximum absolute atomic E-state index is 13.2. The van der Waals surface area contributed by atoms with Crippen LogP contribution in [0.1, 0.15) is 31.9 Å². The van der Waals surface area contributed by atoms with E-state index in [9.17, 15) is 4.39 Å². The van der Waals surface area contributed by atoms with Gasteiger partial charge in [0.1, 0.15) is 11.6 Å². The molecule has 112 valence electrons. The van der Waals surface area contributed by atoms with Crippen LogP contribution in [0, 0.1) is 5.82 Å². The molecule has 1 unspecified atom stereocenters. The van der Waals surface area contributed by atoms with Crippen molar-refractivity contribution in [3.05, 3.63) is 58.3 Å². The summed E-state index contributed by atoms with van der Waals surface area (Å²) >= 11 is 3.41. The number of halogens is 2. The van der Waals surface area contributed by atoms with Crippen molar-refractivity contribution in [3.63, 3.8) is 0 Å². The van der Waals surface area contributed by atoms with Crippen LogP contribution in [-0.2, 0) is 0 Å². The average molecular weight is 352 g/mol. The van der Waals surface area contributed by atoms with E-state index in [1.54, 1.807) is 6.07 Å². The van der Waals surface area contributed by atoms with Crippen molar-refractivity contribution < 1.29 is 9.13 Å². The molecule has 0 fully saturated rings. The summed E-state index contributed by atoms with van der Waals surface area (Å²) in [7, 11) is 0. The molecule has 2 rings (SSSR count). The Morgan fingerprint density at radius 1 is 1.24 bits per heavy atom. The average Bonchev–Trinajstić information content (AvgIpc) is 2.46. The summed E-state index contributed by atoms with van der Waals surface area (Å²) in [4.78, 5) is 0. The summed E-state index contributed by atoms with van der Waals surface area (Å²) in [5.74, 6) is 0.592. The number of hydrogen-bond acceptors (Lipinski definition) is 2. The van der Waals surface area contributed by atoms with Gasteiger partial charge in [0.25, 0.3) is 0 Å². The molecule has 0 heterocycles. The summed E-state index contributed by atoms with van der Waals surface area (Å²) in [6, 6.07) is 12.6. The number of ether oxygens (including phenoxy) is 1. The lowest BCUT2D eigenvalue weighted by Gasteiger charge is -2.19. The molecule has 2 aromatic carbocycles. The van der Waals surface area contributed by atoms with Crippen LogP contribution in [0.15, 0.2) is 46.9 Å². The topological polar surface area (TPSA) is 21.3 Å². The third-order valence-corrected chi connectivity index (χ3v) is 3.84. The number of para-hydroxylation sites is 2. The Hall–Kier alpha value is -1.55. The monoisotopic (exact) mass is 351 g/mol. The van der Waals surface area contributed by atoms with Crippen molar-refractivity contribution in [1.29, 1.82) is 0 Å². The zero-order valence-electron chi connectivity index (χ0n) is 12.2. The highest BCUT2D eigenvalue weighted by atomic mass is 79.9. The lowest BCUT2D eigenvalue weighted by molar-refractivity contribution is 0.318. The van der Waals surface area contributed by atoms with E-state index >= 15 is 0 Å². The minimum atomic E-state index is -0.246. The Morgan fingerprint density at radius 2 is 2.00 bits per heavy atom. The standard InChI is InChI=1S/C17H19BrFNO/c1-3-10-21-17-7-5-4-6-16(17)20-12(2)14-9-8-13(19)11-15(14)18/h4-9,11-12,20H,3,10H2,1-2H3. The molecule has 4 heteroatoms. The molecule has 0 aromatic heterocycles. The quantitative estimate of drug-likeness (QED) is 0.736. The van der Waals surface area contributed by atoms with Crippen molar-refractivity contribution in [2.45, 2.75) is 26.3 Å². The maximum Gasteiger partial charge on any atom is 0.142 e. The summed E-state index contributed by atoms with van der Waals surface area (Å²) in [6.45, 7) is 4.80. The van der Waals surface area contributed by atoms with Gasteiger partial charge in [0, 0.05) is 10.5 Å². The first-order valence-electron chi connectivity index (χ1n) is 7.05. The Bertz CT molecular complexity index is 603. The molecule has 0 aliphatic rings. The lowest BCUT2D eigenvalue weighted by atomic mass is 10.1. The third-order valence-electron chi connectivity index (χ3n) is 3.15. The molecule has 0 saturated carbocycles. The Balaban J connectivity index is 2.17. The SMILES string of the molecule is CCCOc1ccccc1NC(C)c1ccc(F)cc1Br. The molecule has 2 nitrogen and oxygen atoms in total. The van der Waals surface area contributed by atoms with Gasteiger partial charge in [-0.15, -0.1) is 0 Å². The molecule has 2 aromatic rings. The zero-order chi connectivity index (χ0) is 15.2. The highest BCUT2D eigenvalue weighted by Crippen LogP contribution is 2.31. The number of hydrogen-bond donors (Lipinski definition) is 1. The molecule has 1 atom stereocenters. The van der Waals surface area contributed by atoms with Crippen LogP contribution in [-0.4, -0.2) is 6.61 Å². The van der Waals surface area contributed by atoms with Gasteiger partial charge in [-0.3, -0.25) is 0 Å². The first-order chi connectivity index (χ1) is 10.1. The molecule has 0 amide bonds. The maximum atomic E-state index is 13.2. The smallest absolute Gasteiger partial charge is 0.142 e. The fraction of sp³-hybridized carbons (Fsp3) is 0.294. The molecule has 21 heavy (non-hydrogen) atoms. The zero-order valence-corrected chi connectivity index (χ0v) is 13.8. The molecule has 0 spiro atoms. The minimum absolute atomic E-state index is 0.0337. The van der Waals surface area contributed by atoms with Crippen LogP contribution in [0.2, 0.25) is 0 Å². The van der Waals surface area contributed by atoms with Crippen molar-refractivity contribution in [2.24, 2.45) is 0 Å². The second-order valence-corrected chi connectivity index (χ2v) is 5.73. The Kier molecular flexibility index (Phi) is 5.62. The van der Waals surface area contributed by atoms with Crippen LogP contribution in [0.3, 0.4) is 0 Å². The van der Waals surface area contributed by atoms with Crippen molar-refractivity contribution in [2.75, 3.05) is 11.9 Å². The minimum Gasteiger partial charge on any atom is -0.491 e. The summed E-state index contributed by atoms with van der Waals surface area (Å²) < 4.78 is 19.7. The molecule has 0 saturated heterocycles. The van der Waals surface area contributed by atoms with Gasteiger partial charge < -0.3 is 10.1 Å². The van der Waals surface area contributed by atoms with Crippen LogP contribution < -0.4 is 10.1 Å². The van der Waals surface area contributed by atoms with E-state index in [4.69, 9.17) is 4.74 Å². The molecule has 0 bridgehead atoms. The van der Waals surface area contributed by atoms with Crippen molar-refractivity contribution in [3.8, 4) is 5.75 Å². The summed E-state index contributed by atoms with van der Waals surface area (Å²) in [5.41, 5.74) is 1.94. The Labute approximate surface area is 133 Å². The fourth-order valence-corrected chi connectivity index (χ4v) is 2.78. The number of rotatable bonds is 6. The van der Waals surface area contributed by atoms with Gasteiger partial charge in [-0.25, -0.2) is 4.39 Å². The van der Waals surface area contributed by atoms with Gasteiger partial charge in [0.15, 0.2) is 0 Å². The van der Waals surface area contributed by atoms with Crippen LogP contribution >= 0.6 is 15.9 Å². The predicted molar refractivity (Wildman–Crippen MR) is 88.4 cm³/mol. The second kappa shape index (κ2) is 7.46. The van der Waals surface area contributed by atoms with Gasteiger partial charge in [0.2, 0.25) is 0 Å². The van der Waals surface area contributed by atoms with Crippen molar-refractivity contribution >= 4 is 21.6 Å². The summed E-state index contributed by atoms with van der Waals surface area (Å²) in [5, 5.41) is 3.42. The van der Waals surface area contributed by atoms with Crippen LogP contribution in [0.5, 0.6) is 5.75 Å². The first-order valence-corrected chi connectivity index (χ1v) is 7.84. The predicted octanol–water partition coefficient (Wildman–Crippen LogP) is 5.55. The normalized spacial score (nSPS) is 12.0. The van der Waals surface area contributed by atoms with Gasteiger partial charge in [-0.1, -0.05) is 41.1 Å². The van der Waals surface area contributed by atoms with Gasteiger partial charge in [0.05, 0.1) is 12.3 Å². The molecule has 0 aliphatic heterocycles. The fourth-order valence-electron chi connectivity index (χ4n) is 2.09. The van der Waals surface area contributed by atoms with Crippen LogP contribution in [0.25, 0.3) is 0 Å². The van der Waals surface area contributed by atoms with Gasteiger partial charge in [-0.2, -0.15) is 0 Å². The third kappa shape index (κ3) is 4.21. The van der Waals surface area contributed by atoms with E-state index in [1.807, 2.05) is 31.2 Å². The van der Waals surface area contributed by atoms with E-state index in [2.05, 4.69) is 28.2 Å². The number of anilines is 1. The molecule has 0 radical (unpaired) electrons. The number of nitrogens with one attached hydrogen (secondary N) is 1. The highest BCUT2D eigenvalue weighted by molar-refractivity contribution is 9.10.